The maximum absolute atomic E-state index is 14.1. The average Bonchev–Trinajstić information content (AvgIpc) is 3.42. The van der Waals surface area contributed by atoms with Crippen molar-refractivity contribution in [3.8, 4) is 17.3 Å². The van der Waals surface area contributed by atoms with E-state index >= 15 is 0 Å². The Bertz CT molecular complexity index is 1150. The lowest BCUT2D eigenvalue weighted by Crippen LogP contribution is -2.27. The minimum absolute atomic E-state index is 0.0566. The highest BCUT2D eigenvalue weighted by Gasteiger charge is 2.24. The Morgan fingerprint density at radius 1 is 1.23 bits per heavy atom. The van der Waals surface area contributed by atoms with Crippen molar-refractivity contribution < 1.29 is 13.9 Å². The fourth-order valence-corrected chi connectivity index (χ4v) is 3.51. The number of fused-ring (bicyclic) bond motifs is 1. The second-order valence-corrected chi connectivity index (χ2v) is 8.79. The third-order valence-corrected chi connectivity index (χ3v) is 5.07. The molecular weight excluding hydrogens is 381 g/mol. The Morgan fingerprint density at radius 3 is 2.53 bits per heavy atom. The van der Waals surface area contributed by atoms with E-state index in [-0.39, 0.29) is 5.56 Å². The van der Waals surface area contributed by atoms with E-state index in [1.165, 1.54) is 18.9 Å². The lowest BCUT2D eigenvalue weighted by Gasteiger charge is -2.19. The van der Waals surface area contributed by atoms with Gasteiger partial charge >= 0.3 is 6.09 Å². The number of nitriles is 1. The fraction of sp³-hybridized carbons (Fsp3) is 0.333. The summed E-state index contributed by atoms with van der Waals surface area (Å²) >= 11 is 0. The molecule has 30 heavy (non-hydrogen) atoms. The van der Waals surface area contributed by atoms with Gasteiger partial charge in [0.25, 0.3) is 0 Å². The SMILES string of the molecule is CC(C)(C)OC(=O)Nc1ccc(-c2cc3cc(F)c(C#N)cc3n2CC2CC2)cc1. The number of carbonyl (C=O) groups excluding carboxylic acids is 1. The first kappa shape index (κ1) is 20.0. The first-order valence-electron chi connectivity index (χ1n) is 10.1. The summed E-state index contributed by atoms with van der Waals surface area (Å²) in [6, 6.07) is 14.4. The normalized spacial score (nSPS) is 13.8. The van der Waals surface area contributed by atoms with E-state index in [0.717, 1.165) is 28.7 Å². The molecule has 0 unspecified atom stereocenters. The topological polar surface area (TPSA) is 67.0 Å². The van der Waals surface area contributed by atoms with E-state index in [9.17, 15) is 14.4 Å². The highest BCUT2D eigenvalue weighted by Crippen LogP contribution is 2.36. The van der Waals surface area contributed by atoms with E-state index in [0.29, 0.717) is 11.6 Å². The van der Waals surface area contributed by atoms with Gasteiger partial charge in [0.2, 0.25) is 0 Å². The molecule has 1 aromatic heterocycles. The molecular formula is C24H24FN3O2. The Hall–Kier alpha value is -3.33. The van der Waals surface area contributed by atoms with Crippen LogP contribution in [0.15, 0.2) is 42.5 Å². The van der Waals surface area contributed by atoms with Crippen molar-refractivity contribution >= 4 is 22.7 Å². The van der Waals surface area contributed by atoms with Crippen molar-refractivity contribution in [2.24, 2.45) is 5.92 Å². The van der Waals surface area contributed by atoms with E-state index in [2.05, 4.69) is 9.88 Å². The molecule has 0 atom stereocenters. The van der Waals surface area contributed by atoms with Gasteiger partial charge < -0.3 is 9.30 Å². The molecule has 5 nitrogen and oxygen atoms in total. The van der Waals surface area contributed by atoms with Crippen molar-refractivity contribution in [2.45, 2.75) is 45.8 Å². The van der Waals surface area contributed by atoms with Crippen LogP contribution in [0.4, 0.5) is 14.9 Å². The molecule has 154 valence electrons. The van der Waals surface area contributed by atoms with Gasteiger partial charge in [-0.1, -0.05) is 12.1 Å². The van der Waals surface area contributed by atoms with Crippen LogP contribution in [-0.2, 0) is 11.3 Å². The van der Waals surface area contributed by atoms with Gasteiger partial charge in [0, 0.05) is 23.3 Å². The van der Waals surface area contributed by atoms with E-state index in [1.54, 1.807) is 6.07 Å². The van der Waals surface area contributed by atoms with Gasteiger partial charge in [0.15, 0.2) is 0 Å². The van der Waals surface area contributed by atoms with Gasteiger partial charge in [0.1, 0.15) is 17.5 Å². The predicted molar refractivity (Wildman–Crippen MR) is 115 cm³/mol. The second-order valence-electron chi connectivity index (χ2n) is 8.79. The molecule has 4 rings (SSSR count). The summed E-state index contributed by atoms with van der Waals surface area (Å²) in [5.41, 5.74) is 2.92. The molecule has 1 fully saturated rings. The van der Waals surface area contributed by atoms with Gasteiger partial charge in [-0.25, -0.2) is 9.18 Å². The zero-order chi connectivity index (χ0) is 21.5. The number of nitrogens with one attached hydrogen (secondary N) is 1. The van der Waals surface area contributed by atoms with Crippen LogP contribution in [0.1, 0.15) is 39.2 Å². The Morgan fingerprint density at radius 2 is 1.93 bits per heavy atom. The summed E-state index contributed by atoms with van der Waals surface area (Å²) in [5, 5.41) is 12.7. The molecule has 0 radical (unpaired) electrons. The van der Waals surface area contributed by atoms with Crippen LogP contribution >= 0.6 is 0 Å². The highest BCUT2D eigenvalue weighted by atomic mass is 19.1. The van der Waals surface area contributed by atoms with Gasteiger partial charge in [-0.2, -0.15) is 5.26 Å². The molecule has 1 heterocycles. The quantitative estimate of drug-likeness (QED) is 0.572. The van der Waals surface area contributed by atoms with E-state index < -0.39 is 17.5 Å². The monoisotopic (exact) mass is 405 g/mol. The van der Waals surface area contributed by atoms with Crippen LogP contribution in [0.2, 0.25) is 0 Å². The number of hydrogen-bond acceptors (Lipinski definition) is 3. The summed E-state index contributed by atoms with van der Waals surface area (Å²) < 4.78 is 21.6. The number of rotatable bonds is 4. The molecule has 6 heteroatoms. The number of ether oxygens (including phenoxy) is 1. The van der Waals surface area contributed by atoms with Crippen LogP contribution < -0.4 is 5.32 Å². The largest absolute Gasteiger partial charge is 0.444 e. The summed E-state index contributed by atoms with van der Waals surface area (Å²) in [4.78, 5) is 12.0. The van der Waals surface area contributed by atoms with Gasteiger partial charge in [-0.05, 0) is 75.4 Å². The van der Waals surface area contributed by atoms with Crippen molar-refractivity contribution in [2.75, 3.05) is 5.32 Å². The number of amides is 1. The third-order valence-electron chi connectivity index (χ3n) is 5.07. The Balaban J connectivity index is 1.67. The maximum Gasteiger partial charge on any atom is 0.412 e. The van der Waals surface area contributed by atoms with Crippen LogP contribution in [-0.4, -0.2) is 16.3 Å². The summed E-state index contributed by atoms with van der Waals surface area (Å²) in [5.74, 6) is 0.111. The van der Waals surface area contributed by atoms with Gasteiger partial charge in [-0.3, -0.25) is 5.32 Å². The van der Waals surface area contributed by atoms with E-state index in [1.807, 2.05) is 57.2 Å². The summed E-state index contributed by atoms with van der Waals surface area (Å²) in [7, 11) is 0. The third kappa shape index (κ3) is 4.30. The van der Waals surface area contributed by atoms with Crippen LogP contribution in [0.5, 0.6) is 0 Å². The lowest BCUT2D eigenvalue weighted by molar-refractivity contribution is 0.0636. The molecule has 1 N–H and O–H groups in total. The van der Waals surface area contributed by atoms with Crippen LogP contribution in [0, 0.1) is 23.1 Å². The number of carbonyl (C=O) groups is 1. The maximum atomic E-state index is 14.1. The molecule has 1 amide bonds. The van der Waals surface area contributed by atoms with Crippen molar-refractivity contribution in [3.05, 3.63) is 53.8 Å². The number of halogens is 1. The Kier molecular flexibility index (Phi) is 4.98. The first-order chi connectivity index (χ1) is 14.2. The smallest absolute Gasteiger partial charge is 0.412 e. The van der Waals surface area contributed by atoms with Crippen molar-refractivity contribution in [3.63, 3.8) is 0 Å². The molecule has 3 aromatic rings. The minimum atomic E-state index is -0.564. The van der Waals surface area contributed by atoms with Crippen LogP contribution in [0.25, 0.3) is 22.2 Å². The molecule has 1 saturated carbocycles. The number of benzene rings is 2. The minimum Gasteiger partial charge on any atom is -0.444 e. The molecule has 0 saturated heterocycles. The standard InChI is InChI=1S/C24H24FN3O2/c1-24(2,3)30-23(29)27-19-8-6-16(7-9-19)21-11-17-10-20(25)18(13-26)12-22(17)28(21)14-15-4-5-15/h6-12,15H,4-5,14H2,1-3H3,(H,27,29). The summed E-state index contributed by atoms with van der Waals surface area (Å²) in [6.45, 7) is 6.28. The lowest BCUT2D eigenvalue weighted by atomic mass is 10.1. The zero-order valence-corrected chi connectivity index (χ0v) is 17.3. The molecule has 0 bridgehead atoms. The number of anilines is 1. The summed E-state index contributed by atoms with van der Waals surface area (Å²) in [6.07, 6.45) is 1.87. The fourth-order valence-electron chi connectivity index (χ4n) is 3.51. The van der Waals surface area contributed by atoms with Crippen LogP contribution in [0.3, 0.4) is 0 Å². The highest BCUT2D eigenvalue weighted by molar-refractivity contribution is 5.89. The number of nitrogens with zero attached hydrogens (tertiary/aromatic N) is 2. The van der Waals surface area contributed by atoms with E-state index in [4.69, 9.17) is 4.74 Å². The molecule has 0 spiro atoms. The number of hydrogen-bond donors (Lipinski definition) is 1. The molecule has 2 aromatic carbocycles. The molecule has 0 aliphatic heterocycles. The first-order valence-corrected chi connectivity index (χ1v) is 10.1. The molecule has 1 aliphatic carbocycles. The number of aromatic nitrogens is 1. The average molecular weight is 405 g/mol. The zero-order valence-electron chi connectivity index (χ0n) is 17.3. The van der Waals surface area contributed by atoms with Gasteiger partial charge in [0.05, 0.1) is 11.1 Å². The molecule has 1 aliphatic rings. The van der Waals surface area contributed by atoms with Crippen molar-refractivity contribution in [1.82, 2.24) is 4.57 Å². The second kappa shape index (κ2) is 7.49. The van der Waals surface area contributed by atoms with Crippen molar-refractivity contribution in [1.29, 1.82) is 5.26 Å². The van der Waals surface area contributed by atoms with Gasteiger partial charge in [-0.15, -0.1) is 0 Å². The predicted octanol–water partition coefficient (Wildman–Crippen LogP) is 6.08. The Labute approximate surface area is 175 Å².